The van der Waals surface area contributed by atoms with Crippen molar-refractivity contribution < 1.29 is 32.3 Å². The summed E-state index contributed by atoms with van der Waals surface area (Å²) in [5, 5.41) is 9.43. The van der Waals surface area contributed by atoms with Crippen LogP contribution in [0.1, 0.15) is 17.0 Å². The van der Waals surface area contributed by atoms with E-state index in [1.807, 2.05) is 0 Å². The van der Waals surface area contributed by atoms with Crippen molar-refractivity contribution >= 4 is 11.9 Å². The topological polar surface area (TPSA) is 57.6 Å². The largest absolute Gasteiger partial charge is 0.481 e. The van der Waals surface area contributed by atoms with E-state index in [2.05, 4.69) is 0 Å². The maximum Gasteiger partial charge on any atom is 0.308 e. The molecule has 4 nitrogen and oxygen atoms in total. The van der Waals surface area contributed by atoms with Gasteiger partial charge in [0.1, 0.15) is 5.82 Å². The van der Waals surface area contributed by atoms with Crippen LogP contribution in [0.25, 0.3) is 0 Å². The van der Waals surface area contributed by atoms with Crippen molar-refractivity contribution in [3.63, 3.8) is 0 Å². The predicted molar refractivity (Wildman–Crippen MR) is 86.9 cm³/mol. The van der Waals surface area contributed by atoms with Crippen molar-refractivity contribution in [2.45, 2.75) is 12.3 Å². The maximum atomic E-state index is 13.5. The average molecular weight is 381 g/mol. The van der Waals surface area contributed by atoms with Crippen LogP contribution in [0.2, 0.25) is 0 Å². The third-order valence-corrected chi connectivity index (χ3v) is 4.67. The third-order valence-electron chi connectivity index (χ3n) is 4.67. The second kappa shape index (κ2) is 7.38. The van der Waals surface area contributed by atoms with E-state index >= 15 is 0 Å². The zero-order chi connectivity index (χ0) is 19.7. The number of carbonyl (C=O) groups excluding carboxylic acids is 1. The summed E-state index contributed by atoms with van der Waals surface area (Å²) in [5.74, 6) is -8.16. The summed E-state index contributed by atoms with van der Waals surface area (Å²) in [5.41, 5.74) is 0.397. The smallest absolute Gasteiger partial charge is 0.308 e. The van der Waals surface area contributed by atoms with Crippen LogP contribution < -0.4 is 0 Å². The van der Waals surface area contributed by atoms with Crippen LogP contribution in [0.4, 0.5) is 17.6 Å². The van der Waals surface area contributed by atoms with Crippen molar-refractivity contribution in [1.82, 2.24) is 4.90 Å². The molecule has 2 aromatic rings. The van der Waals surface area contributed by atoms with Gasteiger partial charge in [-0.25, -0.2) is 17.6 Å². The van der Waals surface area contributed by atoms with E-state index < -0.39 is 53.4 Å². The number of carboxylic acids is 1. The van der Waals surface area contributed by atoms with Crippen LogP contribution in [0.15, 0.2) is 36.4 Å². The first-order valence-corrected chi connectivity index (χ1v) is 8.15. The van der Waals surface area contributed by atoms with Crippen LogP contribution in [-0.2, 0) is 16.0 Å². The van der Waals surface area contributed by atoms with Gasteiger partial charge in [-0.05, 0) is 35.4 Å². The number of amides is 1. The van der Waals surface area contributed by atoms with Crippen molar-refractivity contribution in [1.29, 1.82) is 0 Å². The second-order valence-electron chi connectivity index (χ2n) is 6.46. The highest BCUT2D eigenvalue weighted by molar-refractivity contribution is 5.81. The first-order valence-electron chi connectivity index (χ1n) is 8.15. The molecule has 1 aliphatic rings. The standard InChI is InChI=1S/C19H15F4NO3/c20-12-3-1-2-11(7-12)13-8-24(9-14(13)19(26)27)17(25)6-10-4-15(21)18(23)16(22)5-10/h1-5,7,13-14H,6,8-9H2,(H,26,27)/t13-,14+/m0/s1. The lowest BCUT2D eigenvalue weighted by Gasteiger charge is -2.17. The Morgan fingerprint density at radius 2 is 1.70 bits per heavy atom. The van der Waals surface area contributed by atoms with E-state index in [0.29, 0.717) is 5.56 Å². The number of nitrogens with zero attached hydrogens (tertiary/aromatic N) is 1. The number of hydrogen-bond donors (Lipinski definition) is 1. The van der Waals surface area contributed by atoms with Gasteiger partial charge in [0, 0.05) is 19.0 Å². The SMILES string of the molecule is O=C(O)[C@@H]1CN(C(=O)Cc2cc(F)c(F)c(F)c2)C[C@H]1c1cccc(F)c1. The lowest BCUT2D eigenvalue weighted by Crippen LogP contribution is -2.31. The highest BCUT2D eigenvalue weighted by Crippen LogP contribution is 2.33. The van der Waals surface area contributed by atoms with Crippen LogP contribution in [0.3, 0.4) is 0 Å². The highest BCUT2D eigenvalue weighted by atomic mass is 19.2. The first kappa shape index (κ1) is 18.9. The molecule has 0 aliphatic carbocycles. The zero-order valence-corrected chi connectivity index (χ0v) is 14.0. The molecule has 1 N–H and O–H groups in total. The van der Waals surface area contributed by atoms with Gasteiger partial charge in [-0.1, -0.05) is 12.1 Å². The van der Waals surface area contributed by atoms with Crippen molar-refractivity contribution in [3.05, 3.63) is 70.8 Å². The summed E-state index contributed by atoms with van der Waals surface area (Å²) in [6, 6.07) is 6.95. The first-order chi connectivity index (χ1) is 12.8. The van der Waals surface area contributed by atoms with E-state index in [1.54, 1.807) is 6.07 Å². The molecule has 1 fully saturated rings. The minimum Gasteiger partial charge on any atom is -0.481 e. The number of carboxylic acid groups (broad SMARTS) is 1. The number of likely N-dealkylation sites (tertiary alicyclic amines) is 1. The molecule has 0 aromatic heterocycles. The molecule has 0 saturated carbocycles. The number of benzene rings is 2. The Labute approximate surface area is 152 Å². The molecular formula is C19H15F4NO3. The number of aliphatic carboxylic acids is 1. The van der Waals surface area contributed by atoms with Gasteiger partial charge in [0.2, 0.25) is 5.91 Å². The maximum absolute atomic E-state index is 13.5. The summed E-state index contributed by atoms with van der Waals surface area (Å²) >= 11 is 0. The minimum atomic E-state index is -1.62. The molecule has 1 amide bonds. The zero-order valence-electron chi connectivity index (χ0n) is 14.0. The molecule has 0 radical (unpaired) electrons. The van der Waals surface area contributed by atoms with Crippen molar-refractivity contribution in [3.8, 4) is 0 Å². The van der Waals surface area contributed by atoms with Crippen LogP contribution in [0.5, 0.6) is 0 Å². The number of halogens is 4. The second-order valence-corrected chi connectivity index (χ2v) is 6.46. The van der Waals surface area contributed by atoms with E-state index in [1.165, 1.54) is 23.1 Å². The van der Waals surface area contributed by atoms with Crippen LogP contribution >= 0.6 is 0 Å². The summed E-state index contributed by atoms with van der Waals surface area (Å²) in [4.78, 5) is 25.3. The van der Waals surface area contributed by atoms with Gasteiger partial charge in [0.05, 0.1) is 12.3 Å². The number of hydrogen-bond acceptors (Lipinski definition) is 2. The van der Waals surface area contributed by atoms with Gasteiger partial charge in [-0.2, -0.15) is 0 Å². The molecule has 1 aliphatic heterocycles. The van der Waals surface area contributed by atoms with E-state index in [0.717, 1.165) is 12.1 Å². The summed E-state index contributed by atoms with van der Waals surface area (Å²) in [6.07, 6.45) is -0.406. The Hall–Kier alpha value is -2.90. The molecule has 27 heavy (non-hydrogen) atoms. The molecule has 2 atom stereocenters. The van der Waals surface area contributed by atoms with E-state index in [4.69, 9.17) is 0 Å². The predicted octanol–water partition coefficient (Wildman–Crippen LogP) is 3.11. The van der Waals surface area contributed by atoms with E-state index in [9.17, 15) is 32.3 Å². The molecule has 1 saturated heterocycles. The molecular weight excluding hydrogens is 366 g/mol. The Kier molecular flexibility index (Phi) is 5.16. The van der Waals surface area contributed by atoms with Crippen molar-refractivity contribution in [2.24, 2.45) is 5.92 Å². The molecule has 3 rings (SSSR count). The Bertz CT molecular complexity index is 879. The molecule has 0 bridgehead atoms. The third kappa shape index (κ3) is 3.94. The highest BCUT2D eigenvalue weighted by Gasteiger charge is 2.40. The molecule has 0 spiro atoms. The normalized spacial score (nSPS) is 19.3. The fourth-order valence-electron chi connectivity index (χ4n) is 3.33. The monoisotopic (exact) mass is 381 g/mol. The van der Waals surface area contributed by atoms with Gasteiger partial charge >= 0.3 is 5.97 Å². The summed E-state index contributed by atoms with van der Waals surface area (Å²) < 4.78 is 53.1. The molecule has 0 unspecified atom stereocenters. The van der Waals surface area contributed by atoms with Crippen LogP contribution in [-0.4, -0.2) is 35.0 Å². The lowest BCUT2D eigenvalue weighted by molar-refractivity contribution is -0.141. The van der Waals surface area contributed by atoms with Gasteiger partial charge in [0.15, 0.2) is 17.5 Å². The molecule has 1 heterocycles. The Morgan fingerprint density at radius 3 is 2.30 bits per heavy atom. The Morgan fingerprint density at radius 1 is 1.04 bits per heavy atom. The number of carbonyl (C=O) groups is 2. The molecule has 2 aromatic carbocycles. The van der Waals surface area contributed by atoms with Crippen LogP contribution in [0, 0.1) is 29.2 Å². The van der Waals surface area contributed by atoms with Crippen molar-refractivity contribution in [2.75, 3.05) is 13.1 Å². The Balaban J connectivity index is 1.79. The van der Waals surface area contributed by atoms with Gasteiger partial charge in [-0.15, -0.1) is 0 Å². The minimum absolute atomic E-state index is 0.0331. The summed E-state index contributed by atoms with van der Waals surface area (Å²) in [6.45, 7) is -0.0765. The summed E-state index contributed by atoms with van der Waals surface area (Å²) in [7, 11) is 0. The fraction of sp³-hybridized carbons (Fsp3) is 0.263. The average Bonchev–Trinajstić information content (AvgIpc) is 3.05. The molecule has 142 valence electrons. The fourth-order valence-corrected chi connectivity index (χ4v) is 3.33. The van der Waals surface area contributed by atoms with E-state index in [-0.39, 0.29) is 18.7 Å². The van der Waals surface area contributed by atoms with Gasteiger partial charge < -0.3 is 10.0 Å². The lowest BCUT2D eigenvalue weighted by atomic mass is 9.89. The molecule has 8 heteroatoms. The quantitative estimate of drug-likeness (QED) is 0.654. The van der Waals surface area contributed by atoms with Gasteiger partial charge in [0.25, 0.3) is 0 Å². The van der Waals surface area contributed by atoms with Gasteiger partial charge in [-0.3, -0.25) is 9.59 Å². The number of rotatable bonds is 4.